The van der Waals surface area contributed by atoms with Crippen LogP contribution in [0.25, 0.3) is 0 Å². The highest BCUT2D eigenvalue weighted by Crippen LogP contribution is 2.25. The smallest absolute Gasteiger partial charge is 0.339 e. The van der Waals surface area contributed by atoms with Crippen LogP contribution in [0, 0.1) is 19.7 Å². The molecule has 0 saturated carbocycles. The third kappa shape index (κ3) is 3.18. The van der Waals surface area contributed by atoms with Crippen LogP contribution in [0.5, 0.6) is 0 Å². The fraction of sp³-hybridized carbons (Fsp3) is 0.250. The van der Waals surface area contributed by atoms with E-state index >= 15 is 0 Å². The number of aromatic carboxylic acids is 1. The van der Waals surface area contributed by atoms with Gasteiger partial charge in [-0.05, 0) is 38.5 Å². The molecule has 2 rings (SSSR count). The molecule has 0 aliphatic rings. The summed E-state index contributed by atoms with van der Waals surface area (Å²) >= 11 is 0. The van der Waals surface area contributed by atoms with Crippen LogP contribution in [0.4, 0.5) is 10.2 Å². The summed E-state index contributed by atoms with van der Waals surface area (Å²) in [6.45, 7) is 5.28. The first-order valence-corrected chi connectivity index (χ1v) is 6.62. The summed E-state index contributed by atoms with van der Waals surface area (Å²) in [7, 11) is 0. The highest BCUT2D eigenvalue weighted by atomic mass is 19.1. The van der Waals surface area contributed by atoms with Gasteiger partial charge < -0.3 is 10.4 Å². The number of pyridine rings is 1. The summed E-state index contributed by atoms with van der Waals surface area (Å²) in [5.74, 6) is -1.13. The molecular formula is C16H17FN2O2. The van der Waals surface area contributed by atoms with E-state index in [0.717, 1.165) is 0 Å². The Kier molecular flexibility index (Phi) is 4.21. The molecule has 5 heteroatoms. The molecule has 0 bridgehead atoms. The number of anilines is 1. The van der Waals surface area contributed by atoms with E-state index in [1.165, 1.54) is 6.07 Å². The van der Waals surface area contributed by atoms with Crippen LogP contribution in [0.1, 0.15) is 40.1 Å². The van der Waals surface area contributed by atoms with Crippen molar-refractivity contribution in [1.82, 2.24) is 4.98 Å². The minimum atomic E-state index is -1.05. The maximum atomic E-state index is 13.8. The first kappa shape index (κ1) is 15.0. The van der Waals surface area contributed by atoms with Gasteiger partial charge in [0.05, 0.1) is 6.04 Å². The topological polar surface area (TPSA) is 62.2 Å². The minimum Gasteiger partial charge on any atom is -0.478 e. The molecule has 1 aromatic carbocycles. The van der Waals surface area contributed by atoms with Gasteiger partial charge in [-0.3, -0.25) is 0 Å². The third-order valence-electron chi connectivity index (χ3n) is 3.28. The van der Waals surface area contributed by atoms with Crippen molar-refractivity contribution in [1.29, 1.82) is 0 Å². The van der Waals surface area contributed by atoms with Crippen LogP contribution in [0.2, 0.25) is 0 Å². The second-order valence-electron chi connectivity index (χ2n) is 5.00. The number of nitrogens with one attached hydrogen (secondary N) is 1. The molecule has 110 valence electrons. The number of aromatic nitrogens is 1. The molecule has 1 unspecified atom stereocenters. The molecule has 0 fully saturated rings. The highest BCUT2D eigenvalue weighted by molar-refractivity contribution is 5.94. The van der Waals surface area contributed by atoms with Crippen molar-refractivity contribution in [2.75, 3.05) is 5.32 Å². The Bertz CT molecular complexity index is 686. The zero-order chi connectivity index (χ0) is 15.6. The van der Waals surface area contributed by atoms with Crippen molar-refractivity contribution in [2.45, 2.75) is 26.8 Å². The summed E-state index contributed by atoms with van der Waals surface area (Å²) in [4.78, 5) is 15.6. The molecular weight excluding hydrogens is 271 g/mol. The van der Waals surface area contributed by atoms with E-state index in [1.54, 1.807) is 45.0 Å². The van der Waals surface area contributed by atoms with Crippen LogP contribution in [-0.4, -0.2) is 16.1 Å². The normalized spacial score (nSPS) is 12.0. The fourth-order valence-electron chi connectivity index (χ4n) is 2.32. The molecule has 0 amide bonds. The number of aryl methyl sites for hydroxylation is 2. The maximum Gasteiger partial charge on any atom is 0.339 e. The molecule has 1 aromatic heterocycles. The number of carboxylic acids is 1. The summed E-state index contributed by atoms with van der Waals surface area (Å²) in [6.07, 6.45) is 0. The molecule has 0 radical (unpaired) electrons. The van der Waals surface area contributed by atoms with Crippen molar-refractivity contribution in [3.05, 3.63) is 58.5 Å². The molecule has 0 saturated heterocycles. The van der Waals surface area contributed by atoms with Crippen LogP contribution in [0.3, 0.4) is 0 Å². The molecule has 1 atom stereocenters. The van der Waals surface area contributed by atoms with Crippen molar-refractivity contribution >= 4 is 11.8 Å². The number of benzene rings is 1. The lowest BCUT2D eigenvalue weighted by atomic mass is 10.1. The number of carboxylic acid groups (broad SMARTS) is 1. The van der Waals surface area contributed by atoms with Crippen LogP contribution in [-0.2, 0) is 0 Å². The van der Waals surface area contributed by atoms with E-state index in [0.29, 0.717) is 16.8 Å². The van der Waals surface area contributed by atoms with E-state index in [2.05, 4.69) is 10.3 Å². The number of rotatable bonds is 4. The van der Waals surface area contributed by atoms with Gasteiger partial charge in [0.15, 0.2) is 0 Å². The van der Waals surface area contributed by atoms with Crippen molar-refractivity contribution in [3.8, 4) is 0 Å². The largest absolute Gasteiger partial charge is 0.478 e. The standard InChI is InChI=1S/C16H17FN2O2/c1-9-8-10(2)18-15(14(9)16(20)21)19-11(3)12-6-4-5-7-13(12)17/h4-8,11H,1-3H3,(H,18,19)(H,20,21). The Labute approximate surface area is 122 Å². The Hall–Kier alpha value is -2.43. The molecule has 0 aliphatic carbocycles. The lowest BCUT2D eigenvalue weighted by molar-refractivity contribution is 0.0696. The monoisotopic (exact) mass is 288 g/mol. The van der Waals surface area contributed by atoms with Gasteiger partial charge >= 0.3 is 5.97 Å². The Morgan fingerprint density at radius 2 is 2.00 bits per heavy atom. The van der Waals surface area contributed by atoms with Crippen molar-refractivity contribution < 1.29 is 14.3 Å². The van der Waals surface area contributed by atoms with Gasteiger partial charge in [0.25, 0.3) is 0 Å². The van der Waals surface area contributed by atoms with Crippen molar-refractivity contribution in [3.63, 3.8) is 0 Å². The number of hydrogen-bond acceptors (Lipinski definition) is 3. The third-order valence-corrected chi connectivity index (χ3v) is 3.28. The molecule has 0 spiro atoms. The predicted octanol–water partition coefficient (Wildman–Crippen LogP) is 3.71. The van der Waals surface area contributed by atoms with Gasteiger partial charge in [0.2, 0.25) is 0 Å². The molecule has 1 heterocycles. The molecule has 2 aromatic rings. The zero-order valence-electron chi connectivity index (χ0n) is 12.1. The average molecular weight is 288 g/mol. The fourth-order valence-corrected chi connectivity index (χ4v) is 2.32. The van der Waals surface area contributed by atoms with Crippen LogP contribution in [0.15, 0.2) is 30.3 Å². The second kappa shape index (κ2) is 5.91. The number of halogens is 1. The number of nitrogens with zero attached hydrogens (tertiary/aromatic N) is 1. The first-order valence-electron chi connectivity index (χ1n) is 6.62. The molecule has 2 N–H and O–H groups in total. The lowest BCUT2D eigenvalue weighted by Gasteiger charge is -2.18. The average Bonchev–Trinajstić information content (AvgIpc) is 2.37. The first-order chi connectivity index (χ1) is 9.90. The van der Waals surface area contributed by atoms with Crippen molar-refractivity contribution in [2.24, 2.45) is 0 Å². The molecule has 0 aliphatic heterocycles. The van der Waals surface area contributed by atoms with E-state index in [1.807, 2.05) is 0 Å². The van der Waals surface area contributed by atoms with Gasteiger partial charge in [-0.25, -0.2) is 14.2 Å². The zero-order valence-corrected chi connectivity index (χ0v) is 12.1. The van der Waals surface area contributed by atoms with E-state index < -0.39 is 12.0 Å². The van der Waals surface area contributed by atoms with E-state index in [4.69, 9.17) is 0 Å². The van der Waals surface area contributed by atoms with E-state index in [9.17, 15) is 14.3 Å². The lowest BCUT2D eigenvalue weighted by Crippen LogP contribution is -2.15. The predicted molar refractivity (Wildman–Crippen MR) is 79.1 cm³/mol. The van der Waals surface area contributed by atoms with Gasteiger partial charge in [0, 0.05) is 11.3 Å². The van der Waals surface area contributed by atoms with E-state index in [-0.39, 0.29) is 17.2 Å². The summed E-state index contributed by atoms with van der Waals surface area (Å²) in [6, 6.07) is 7.71. The number of carbonyl (C=O) groups is 1. The molecule has 21 heavy (non-hydrogen) atoms. The quantitative estimate of drug-likeness (QED) is 0.900. The summed E-state index contributed by atoms with van der Waals surface area (Å²) < 4.78 is 13.8. The van der Waals surface area contributed by atoms with Crippen LogP contribution < -0.4 is 5.32 Å². The van der Waals surface area contributed by atoms with Gasteiger partial charge in [-0.15, -0.1) is 0 Å². The summed E-state index contributed by atoms with van der Waals surface area (Å²) in [5.41, 5.74) is 1.91. The van der Waals surface area contributed by atoms with Gasteiger partial charge in [-0.2, -0.15) is 0 Å². The SMILES string of the molecule is Cc1cc(C)c(C(=O)O)c(NC(C)c2ccccc2F)n1. The molecule has 4 nitrogen and oxygen atoms in total. The Balaban J connectivity index is 2.40. The van der Waals surface area contributed by atoms with Crippen LogP contribution >= 0.6 is 0 Å². The second-order valence-corrected chi connectivity index (χ2v) is 5.00. The van der Waals surface area contributed by atoms with Gasteiger partial charge in [-0.1, -0.05) is 18.2 Å². The summed E-state index contributed by atoms with van der Waals surface area (Å²) in [5, 5.41) is 12.3. The Morgan fingerprint density at radius 3 is 2.62 bits per heavy atom. The maximum absolute atomic E-state index is 13.8. The van der Waals surface area contributed by atoms with Gasteiger partial charge in [0.1, 0.15) is 17.2 Å². The Morgan fingerprint density at radius 1 is 1.33 bits per heavy atom. The minimum absolute atomic E-state index is 0.115. The highest BCUT2D eigenvalue weighted by Gasteiger charge is 2.18. The number of hydrogen-bond donors (Lipinski definition) is 2.